The van der Waals surface area contributed by atoms with Crippen molar-refractivity contribution in [2.75, 3.05) is 6.54 Å². The van der Waals surface area contributed by atoms with Crippen molar-refractivity contribution in [2.45, 2.75) is 12.5 Å². The van der Waals surface area contributed by atoms with Crippen molar-refractivity contribution >= 4 is 5.97 Å². The zero-order chi connectivity index (χ0) is 11.4. The number of halogens is 1. The normalized spacial score (nSPS) is 12.5. The number of hydrogen-bond acceptors (Lipinski definition) is 3. The second-order valence-electron chi connectivity index (χ2n) is 3.14. The molecule has 1 aromatic rings. The van der Waals surface area contributed by atoms with Gasteiger partial charge in [-0.3, -0.25) is 4.79 Å². The largest absolute Gasteiger partial charge is 0.481 e. The van der Waals surface area contributed by atoms with Crippen LogP contribution in [0.4, 0.5) is 4.39 Å². The SMILES string of the molecule is NCC(C(=O)O)c1ccc(F)c(CO)c1. The second kappa shape index (κ2) is 4.86. The van der Waals surface area contributed by atoms with E-state index in [-0.39, 0.29) is 12.1 Å². The Bertz CT molecular complexity index is 368. The highest BCUT2D eigenvalue weighted by molar-refractivity contribution is 5.76. The maximum atomic E-state index is 13.0. The highest BCUT2D eigenvalue weighted by Crippen LogP contribution is 2.18. The van der Waals surface area contributed by atoms with Crippen LogP contribution in [0.25, 0.3) is 0 Å². The Hall–Kier alpha value is -1.46. The van der Waals surface area contributed by atoms with Gasteiger partial charge in [0.2, 0.25) is 0 Å². The summed E-state index contributed by atoms with van der Waals surface area (Å²) in [6, 6.07) is 3.81. The first-order chi connectivity index (χ1) is 7.10. The number of aliphatic hydroxyl groups excluding tert-OH is 1. The number of carboxylic acid groups (broad SMARTS) is 1. The number of benzene rings is 1. The Morgan fingerprint density at radius 3 is 2.67 bits per heavy atom. The van der Waals surface area contributed by atoms with Gasteiger partial charge in [-0.25, -0.2) is 4.39 Å². The molecular formula is C10H12FNO3. The number of rotatable bonds is 4. The van der Waals surface area contributed by atoms with Crippen LogP contribution in [0.5, 0.6) is 0 Å². The van der Waals surface area contributed by atoms with E-state index in [1.54, 1.807) is 0 Å². The number of aliphatic carboxylic acids is 1. The third-order valence-electron chi connectivity index (χ3n) is 2.18. The van der Waals surface area contributed by atoms with Gasteiger partial charge in [-0.1, -0.05) is 6.07 Å². The smallest absolute Gasteiger partial charge is 0.312 e. The van der Waals surface area contributed by atoms with Gasteiger partial charge in [-0.05, 0) is 17.7 Å². The fourth-order valence-electron chi connectivity index (χ4n) is 1.31. The first-order valence-electron chi connectivity index (χ1n) is 4.42. The summed E-state index contributed by atoms with van der Waals surface area (Å²) in [6.45, 7) is -0.525. The van der Waals surface area contributed by atoms with Crippen LogP contribution in [0.1, 0.15) is 17.0 Å². The van der Waals surface area contributed by atoms with E-state index < -0.39 is 24.3 Å². The van der Waals surface area contributed by atoms with Crippen molar-refractivity contribution < 1.29 is 19.4 Å². The third-order valence-corrected chi connectivity index (χ3v) is 2.18. The summed E-state index contributed by atoms with van der Waals surface area (Å²) in [5.74, 6) is -2.48. The summed E-state index contributed by atoms with van der Waals surface area (Å²) in [6.07, 6.45) is 0. The van der Waals surface area contributed by atoms with Gasteiger partial charge >= 0.3 is 5.97 Å². The third kappa shape index (κ3) is 2.51. The van der Waals surface area contributed by atoms with E-state index in [4.69, 9.17) is 15.9 Å². The van der Waals surface area contributed by atoms with Gasteiger partial charge in [0, 0.05) is 12.1 Å². The maximum Gasteiger partial charge on any atom is 0.312 e. The van der Waals surface area contributed by atoms with Crippen molar-refractivity contribution in [1.82, 2.24) is 0 Å². The maximum absolute atomic E-state index is 13.0. The Labute approximate surface area is 86.1 Å². The first kappa shape index (κ1) is 11.6. The molecule has 15 heavy (non-hydrogen) atoms. The number of carboxylic acids is 1. The Morgan fingerprint density at radius 2 is 2.20 bits per heavy atom. The average molecular weight is 213 g/mol. The van der Waals surface area contributed by atoms with E-state index in [0.29, 0.717) is 5.56 Å². The predicted molar refractivity (Wildman–Crippen MR) is 51.8 cm³/mol. The lowest BCUT2D eigenvalue weighted by Crippen LogP contribution is -2.21. The number of carbonyl (C=O) groups is 1. The molecule has 1 rings (SSSR count). The highest BCUT2D eigenvalue weighted by Gasteiger charge is 2.18. The minimum atomic E-state index is -1.06. The van der Waals surface area contributed by atoms with Gasteiger partial charge in [-0.2, -0.15) is 0 Å². The zero-order valence-corrected chi connectivity index (χ0v) is 7.98. The van der Waals surface area contributed by atoms with Crippen LogP contribution in [-0.2, 0) is 11.4 Å². The lowest BCUT2D eigenvalue weighted by molar-refractivity contribution is -0.138. The van der Waals surface area contributed by atoms with E-state index in [1.165, 1.54) is 12.1 Å². The van der Waals surface area contributed by atoms with Crippen LogP contribution < -0.4 is 5.73 Å². The molecule has 4 N–H and O–H groups in total. The van der Waals surface area contributed by atoms with Crippen LogP contribution in [-0.4, -0.2) is 22.7 Å². The molecule has 1 unspecified atom stereocenters. The molecule has 1 aromatic carbocycles. The van der Waals surface area contributed by atoms with Crippen LogP contribution in [0.2, 0.25) is 0 Å². The molecule has 0 aliphatic rings. The summed E-state index contributed by atoms with van der Waals surface area (Å²) in [5, 5.41) is 17.6. The Morgan fingerprint density at radius 1 is 1.53 bits per heavy atom. The molecule has 4 nitrogen and oxygen atoms in total. The topological polar surface area (TPSA) is 83.6 Å². The molecule has 0 aliphatic carbocycles. The first-order valence-corrected chi connectivity index (χ1v) is 4.42. The van der Waals surface area contributed by atoms with Gasteiger partial charge in [-0.15, -0.1) is 0 Å². The van der Waals surface area contributed by atoms with Crippen LogP contribution in [0.3, 0.4) is 0 Å². The molecule has 0 heterocycles. The highest BCUT2D eigenvalue weighted by atomic mass is 19.1. The van der Waals surface area contributed by atoms with Crippen molar-refractivity contribution in [2.24, 2.45) is 5.73 Å². The van der Waals surface area contributed by atoms with Crippen LogP contribution in [0, 0.1) is 5.82 Å². The Balaban J connectivity index is 3.09. The lowest BCUT2D eigenvalue weighted by Gasteiger charge is -2.11. The molecule has 5 heteroatoms. The monoisotopic (exact) mass is 213 g/mol. The van der Waals surface area contributed by atoms with Crippen molar-refractivity contribution in [3.05, 3.63) is 35.1 Å². The second-order valence-corrected chi connectivity index (χ2v) is 3.14. The number of aliphatic hydroxyl groups is 1. The summed E-state index contributed by atoms with van der Waals surface area (Å²) >= 11 is 0. The van der Waals surface area contributed by atoms with Gasteiger partial charge in [0.05, 0.1) is 12.5 Å². The molecule has 1 atom stereocenters. The van der Waals surface area contributed by atoms with E-state index in [1.807, 2.05) is 0 Å². The standard InChI is InChI=1S/C10H12FNO3/c11-9-2-1-6(3-7(9)5-13)8(4-12)10(14)15/h1-3,8,13H,4-5,12H2,(H,14,15). The molecule has 0 spiro atoms. The van der Waals surface area contributed by atoms with Crippen LogP contribution in [0.15, 0.2) is 18.2 Å². The van der Waals surface area contributed by atoms with E-state index >= 15 is 0 Å². The molecule has 82 valence electrons. The molecule has 0 fully saturated rings. The molecule has 0 saturated heterocycles. The van der Waals surface area contributed by atoms with Crippen molar-refractivity contribution in [3.63, 3.8) is 0 Å². The summed E-state index contributed by atoms with van der Waals surface area (Å²) in [7, 11) is 0. The molecule has 0 bridgehead atoms. The van der Waals surface area contributed by atoms with Crippen LogP contribution >= 0.6 is 0 Å². The molecule has 0 radical (unpaired) electrons. The lowest BCUT2D eigenvalue weighted by atomic mass is 9.97. The zero-order valence-electron chi connectivity index (χ0n) is 7.98. The Kier molecular flexibility index (Phi) is 3.76. The summed E-state index contributed by atoms with van der Waals surface area (Å²) in [5.41, 5.74) is 5.77. The fraction of sp³-hybridized carbons (Fsp3) is 0.300. The van der Waals surface area contributed by atoms with E-state index in [0.717, 1.165) is 6.07 Å². The fourth-order valence-corrected chi connectivity index (χ4v) is 1.31. The number of hydrogen-bond donors (Lipinski definition) is 3. The average Bonchev–Trinajstić information content (AvgIpc) is 2.21. The number of nitrogens with two attached hydrogens (primary N) is 1. The minimum Gasteiger partial charge on any atom is -0.481 e. The van der Waals surface area contributed by atoms with E-state index in [2.05, 4.69) is 0 Å². The van der Waals surface area contributed by atoms with Gasteiger partial charge in [0.25, 0.3) is 0 Å². The van der Waals surface area contributed by atoms with Crippen molar-refractivity contribution in [3.8, 4) is 0 Å². The van der Waals surface area contributed by atoms with Crippen molar-refractivity contribution in [1.29, 1.82) is 0 Å². The molecule has 0 aromatic heterocycles. The minimum absolute atomic E-state index is 0.0637. The van der Waals surface area contributed by atoms with Gasteiger partial charge in [0.15, 0.2) is 0 Å². The molecule has 0 amide bonds. The molecule has 0 saturated carbocycles. The van der Waals surface area contributed by atoms with E-state index in [9.17, 15) is 9.18 Å². The predicted octanol–water partition coefficient (Wildman–Crippen LogP) is 0.445. The van der Waals surface area contributed by atoms with Gasteiger partial charge in [0.1, 0.15) is 5.82 Å². The summed E-state index contributed by atoms with van der Waals surface area (Å²) in [4.78, 5) is 10.8. The van der Waals surface area contributed by atoms with Gasteiger partial charge < -0.3 is 15.9 Å². The summed E-state index contributed by atoms with van der Waals surface area (Å²) < 4.78 is 13.0. The molecule has 0 aliphatic heterocycles. The quantitative estimate of drug-likeness (QED) is 0.677. The molecular weight excluding hydrogens is 201 g/mol.